The number of nitrogens with one attached hydrogen (secondary N) is 2. The third kappa shape index (κ3) is 3.66. The highest BCUT2D eigenvalue weighted by molar-refractivity contribution is 6.31. The number of urea groups is 1. The maximum Gasteiger partial charge on any atom is 0.322 e. The first-order valence-electron chi connectivity index (χ1n) is 9.65. The first-order chi connectivity index (χ1) is 14.4. The number of aryl methyl sites for hydroxylation is 1. The van der Waals surface area contributed by atoms with Gasteiger partial charge in [-0.15, -0.1) is 0 Å². The van der Waals surface area contributed by atoms with E-state index in [1.807, 2.05) is 6.92 Å². The molecule has 0 aliphatic carbocycles. The van der Waals surface area contributed by atoms with Crippen molar-refractivity contribution in [3.8, 4) is 0 Å². The lowest BCUT2D eigenvalue weighted by atomic mass is 9.95. The fraction of sp³-hybridized carbons (Fsp3) is 0.273. The van der Waals surface area contributed by atoms with Gasteiger partial charge in [-0.2, -0.15) is 0 Å². The lowest BCUT2D eigenvalue weighted by molar-refractivity contribution is 0.0471. The Morgan fingerprint density at radius 3 is 2.83 bits per heavy atom. The third-order valence-corrected chi connectivity index (χ3v) is 5.58. The fourth-order valence-corrected chi connectivity index (χ4v) is 4.07. The summed E-state index contributed by atoms with van der Waals surface area (Å²) in [6, 6.07) is 8.85. The predicted octanol–water partition coefficient (Wildman–Crippen LogP) is 4.75. The van der Waals surface area contributed by atoms with Crippen LogP contribution in [0.4, 0.5) is 14.9 Å². The number of fused-ring (bicyclic) bond motifs is 3. The molecule has 3 aromatic rings. The van der Waals surface area contributed by atoms with Crippen LogP contribution >= 0.6 is 11.6 Å². The van der Waals surface area contributed by atoms with Gasteiger partial charge in [0.1, 0.15) is 5.82 Å². The minimum atomic E-state index is -0.402. The summed E-state index contributed by atoms with van der Waals surface area (Å²) in [5, 5.41) is 4.51. The molecule has 1 atom stereocenters. The zero-order valence-electron chi connectivity index (χ0n) is 16.6. The highest BCUT2D eigenvalue weighted by Crippen LogP contribution is 2.34. The van der Waals surface area contributed by atoms with Crippen LogP contribution in [0.1, 0.15) is 29.8 Å². The molecule has 2 aromatic carbocycles. The number of anilines is 1. The van der Waals surface area contributed by atoms with E-state index < -0.39 is 6.04 Å². The van der Waals surface area contributed by atoms with Crippen LogP contribution in [0, 0.1) is 12.7 Å². The topological polar surface area (TPSA) is 74.4 Å². The van der Waals surface area contributed by atoms with E-state index >= 15 is 0 Å². The molecule has 0 spiro atoms. The molecule has 156 valence electrons. The zero-order valence-corrected chi connectivity index (χ0v) is 17.3. The van der Waals surface area contributed by atoms with Gasteiger partial charge in [-0.05, 0) is 55.1 Å². The third-order valence-electron chi connectivity index (χ3n) is 5.35. The van der Waals surface area contributed by atoms with Crippen molar-refractivity contribution in [2.45, 2.75) is 26.5 Å². The van der Waals surface area contributed by atoms with Gasteiger partial charge in [0.25, 0.3) is 5.56 Å². The molecule has 0 saturated heterocycles. The van der Waals surface area contributed by atoms with Gasteiger partial charge < -0.3 is 19.9 Å². The summed E-state index contributed by atoms with van der Waals surface area (Å²) < 4.78 is 19.2. The smallest absolute Gasteiger partial charge is 0.322 e. The highest BCUT2D eigenvalue weighted by Gasteiger charge is 2.32. The van der Waals surface area contributed by atoms with Crippen molar-refractivity contribution < 1.29 is 13.9 Å². The van der Waals surface area contributed by atoms with E-state index in [2.05, 4.69) is 10.3 Å². The number of aromatic amines is 1. The number of ether oxygens (including phenoxy) is 1. The molecule has 2 heterocycles. The fourth-order valence-electron chi connectivity index (χ4n) is 3.89. The van der Waals surface area contributed by atoms with Crippen molar-refractivity contribution in [2.24, 2.45) is 0 Å². The van der Waals surface area contributed by atoms with Crippen LogP contribution in [-0.2, 0) is 11.3 Å². The van der Waals surface area contributed by atoms with Crippen LogP contribution in [0.3, 0.4) is 0 Å². The molecule has 1 aliphatic rings. The lowest BCUT2D eigenvalue weighted by Crippen LogP contribution is -2.42. The Kier molecular flexibility index (Phi) is 5.49. The molecular formula is C22H21ClFN3O3. The highest BCUT2D eigenvalue weighted by atomic mass is 35.5. The number of pyridine rings is 1. The number of aromatic nitrogens is 1. The van der Waals surface area contributed by atoms with Gasteiger partial charge in [0, 0.05) is 33.9 Å². The molecule has 1 aliphatic heterocycles. The van der Waals surface area contributed by atoms with E-state index in [1.165, 1.54) is 12.1 Å². The Balaban J connectivity index is 1.74. The van der Waals surface area contributed by atoms with E-state index in [-0.39, 0.29) is 24.0 Å². The molecule has 0 bridgehead atoms. The number of carbonyl (C=O) groups excluding carboxylic acids is 1. The summed E-state index contributed by atoms with van der Waals surface area (Å²) in [6.07, 6.45) is 0. The number of rotatable bonds is 3. The lowest BCUT2D eigenvalue weighted by Gasteiger charge is -2.35. The summed E-state index contributed by atoms with van der Waals surface area (Å²) in [6.45, 7) is 4.47. The van der Waals surface area contributed by atoms with Crippen LogP contribution in [0.2, 0.25) is 5.02 Å². The number of H-pyrrole nitrogens is 1. The van der Waals surface area contributed by atoms with Crippen molar-refractivity contribution in [2.75, 3.05) is 18.5 Å². The van der Waals surface area contributed by atoms with Crippen LogP contribution in [0.25, 0.3) is 10.8 Å². The number of hydrogen-bond acceptors (Lipinski definition) is 3. The second kappa shape index (κ2) is 8.08. The van der Waals surface area contributed by atoms with Crippen molar-refractivity contribution >= 4 is 34.1 Å². The van der Waals surface area contributed by atoms with E-state index in [9.17, 15) is 14.0 Å². The number of amides is 2. The van der Waals surface area contributed by atoms with Crippen LogP contribution < -0.4 is 10.9 Å². The molecule has 8 heteroatoms. The van der Waals surface area contributed by atoms with Gasteiger partial charge in [-0.25, -0.2) is 9.18 Å². The van der Waals surface area contributed by atoms with Gasteiger partial charge in [0.15, 0.2) is 0 Å². The molecule has 0 saturated carbocycles. The summed E-state index contributed by atoms with van der Waals surface area (Å²) in [7, 11) is 0. The van der Waals surface area contributed by atoms with Gasteiger partial charge in [0.05, 0.1) is 19.3 Å². The Labute approximate surface area is 177 Å². The van der Waals surface area contributed by atoms with Crippen molar-refractivity contribution in [3.63, 3.8) is 0 Å². The van der Waals surface area contributed by atoms with Gasteiger partial charge in [-0.3, -0.25) is 4.79 Å². The molecule has 2 N–H and O–H groups in total. The quantitative estimate of drug-likeness (QED) is 0.630. The zero-order chi connectivity index (χ0) is 21.4. The van der Waals surface area contributed by atoms with E-state index in [0.29, 0.717) is 40.5 Å². The minimum absolute atomic E-state index is 0.246. The molecule has 0 fully saturated rings. The first-order valence-corrected chi connectivity index (χ1v) is 10.0. The monoisotopic (exact) mass is 429 g/mol. The molecule has 0 radical (unpaired) electrons. The van der Waals surface area contributed by atoms with Crippen molar-refractivity contribution in [1.82, 2.24) is 9.88 Å². The number of hydrogen-bond donors (Lipinski definition) is 2. The minimum Gasteiger partial charge on any atom is -0.373 e. The number of benzene rings is 2. The Bertz CT molecular complexity index is 1190. The maximum atomic E-state index is 13.5. The number of carbonyl (C=O) groups is 1. The number of halogens is 2. The number of nitrogens with zero attached hydrogens (tertiary/aromatic N) is 1. The predicted molar refractivity (Wildman–Crippen MR) is 115 cm³/mol. The second-order valence-corrected chi connectivity index (χ2v) is 7.68. The molecule has 2 amide bonds. The number of likely N-dealkylation sites (N-methyl/N-ethyl adjacent to an activating group) is 1. The Hall–Kier alpha value is -2.90. The SMILES string of the molecule is CCN(C(=O)Nc1ccc(F)c(C)c1)C1COCc2[nH]c(=O)c3cc(Cl)ccc3c21. The van der Waals surface area contributed by atoms with Crippen LogP contribution in [0.5, 0.6) is 0 Å². The molecule has 1 unspecified atom stereocenters. The normalized spacial score (nSPS) is 15.7. The second-order valence-electron chi connectivity index (χ2n) is 7.25. The van der Waals surface area contributed by atoms with Crippen LogP contribution in [-0.4, -0.2) is 29.1 Å². The van der Waals surface area contributed by atoms with E-state index in [0.717, 1.165) is 10.9 Å². The Morgan fingerprint density at radius 1 is 1.30 bits per heavy atom. The maximum absolute atomic E-state index is 13.5. The van der Waals surface area contributed by atoms with Gasteiger partial charge in [-0.1, -0.05) is 17.7 Å². The summed E-state index contributed by atoms with van der Waals surface area (Å²) in [5.41, 5.74) is 2.20. The van der Waals surface area contributed by atoms with Crippen molar-refractivity contribution in [1.29, 1.82) is 0 Å². The van der Waals surface area contributed by atoms with E-state index in [4.69, 9.17) is 16.3 Å². The van der Waals surface area contributed by atoms with Crippen LogP contribution in [0.15, 0.2) is 41.2 Å². The van der Waals surface area contributed by atoms with E-state index in [1.54, 1.807) is 36.1 Å². The molecular weight excluding hydrogens is 409 g/mol. The van der Waals surface area contributed by atoms with Gasteiger partial charge >= 0.3 is 6.03 Å². The summed E-state index contributed by atoms with van der Waals surface area (Å²) in [5.74, 6) is -0.330. The summed E-state index contributed by atoms with van der Waals surface area (Å²) >= 11 is 6.09. The summed E-state index contributed by atoms with van der Waals surface area (Å²) in [4.78, 5) is 30.1. The molecule has 30 heavy (non-hydrogen) atoms. The molecule has 1 aromatic heterocycles. The standard InChI is InChI=1S/C22H21ClFN3O3/c1-3-27(22(29)25-14-5-7-17(24)12(2)8-14)19-11-30-10-18-20(19)15-6-4-13(23)9-16(15)21(28)26-18/h4-9,19H,3,10-11H2,1-2H3,(H,25,29)(H,26,28). The first kappa shape index (κ1) is 20.4. The average molecular weight is 430 g/mol. The largest absolute Gasteiger partial charge is 0.373 e. The van der Waals surface area contributed by atoms with Gasteiger partial charge in [0.2, 0.25) is 0 Å². The van der Waals surface area contributed by atoms with Crippen molar-refractivity contribution in [3.05, 3.63) is 74.4 Å². The Morgan fingerprint density at radius 2 is 2.10 bits per heavy atom. The average Bonchev–Trinajstić information content (AvgIpc) is 2.71. The molecule has 4 rings (SSSR count). The molecule has 6 nitrogen and oxygen atoms in total.